The summed E-state index contributed by atoms with van der Waals surface area (Å²) in [5, 5.41) is 0. The number of sulfonamides is 1. The van der Waals surface area contributed by atoms with Crippen molar-refractivity contribution < 1.29 is 27.1 Å². The lowest BCUT2D eigenvalue weighted by molar-refractivity contribution is 0.0746. The van der Waals surface area contributed by atoms with Crippen molar-refractivity contribution in [3.8, 4) is 11.5 Å². The van der Waals surface area contributed by atoms with Crippen molar-refractivity contribution >= 4 is 27.3 Å². The summed E-state index contributed by atoms with van der Waals surface area (Å²) < 4.78 is 50.7. The number of anilines is 2. The molecule has 37 heavy (non-hydrogen) atoms. The van der Waals surface area contributed by atoms with Crippen LogP contribution in [0.1, 0.15) is 15.9 Å². The lowest BCUT2D eigenvalue weighted by Crippen LogP contribution is -2.48. The molecule has 0 bridgehead atoms. The van der Waals surface area contributed by atoms with E-state index in [9.17, 15) is 17.6 Å². The molecule has 0 aliphatic carbocycles. The molecule has 10 heteroatoms. The highest BCUT2D eigenvalue weighted by molar-refractivity contribution is 7.92. The molecule has 1 amide bonds. The van der Waals surface area contributed by atoms with Crippen LogP contribution in [0, 0.1) is 5.82 Å². The predicted molar refractivity (Wildman–Crippen MR) is 142 cm³/mol. The molecule has 0 spiro atoms. The molecule has 0 unspecified atom stereocenters. The van der Waals surface area contributed by atoms with Gasteiger partial charge in [-0.3, -0.25) is 9.10 Å². The van der Waals surface area contributed by atoms with Crippen molar-refractivity contribution in [1.82, 2.24) is 4.90 Å². The first-order chi connectivity index (χ1) is 17.7. The summed E-state index contributed by atoms with van der Waals surface area (Å²) in [6.45, 7) is 2.30. The first-order valence-electron chi connectivity index (χ1n) is 11.8. The first kappa shape index (κ1) is 26.3. The molecular formula is C27H30FN3O5S. The Morgan fingerprint density at radius 1 is 0.919 bits per heavy atom. The third-order valence-electron chi connectivity index (χ3n) is 6.35. The maximum Gasteiger partial charge on any atom is 0.253 e. The van der Waals surface area contributed by atoms with Crippen LogP contribution in [-0.4, -0.2) is 65.9 Å². The van der Waals surface area contributed by atoms with E-state index in [2.05, 4.69) is 4.90 Å². The van der Waals surface area contributed by atoms with Gasteiger partial charge in [-0.2, -0.15) is 0 Å². The average molecular weight is 528 g/mol. The minimum Gasteiger partial charge on any atom is -0.496 e. The number of hydrogen-bond donors (Lipinski definition) is 0. The van der Waals surface area contributed by atoms with E-state index in [1.165, 1.54) is 31.4 Å². The molecule has 1 saturated heterocycles. The van der Waals surface area contributed by atoms with Crippen LogP contribution in [0.15, 0.2) is 66.7 Å². The van der Waals surface area contributed by atoms with Crippen molar-refractivity contribution in [3.05, 3.63) is 83.7 Å². The van der Waals surface area contributed by atoms with Gasteiger partial charge in [0.2, 0.25) is 10.0 Å². The topological polar surface area (TPSA) is 79.4 Å². The van der Waals surface area contributed by atoms with Gasteiger partial charge in [0.1, 0.15) is 17.3 Å². The second-order valence-corrected chi connectivity index (χ2v) is 10.6. The Bertz CT molecular complexity index is 1360. The van der Waals surface area contributed by atoms with Gasteiger partial charge in [0.05, 0.1) is 38.4 Å². The molecule has 3 aromatic carbocycles. The number of para-hydroxylation sites is 2. The van der Waals surface area contributed by atoms with Crippen LogP contribution in [0.5, 0.6) is 11.5 Å². The van der Waals surface area contributed by atoms with Gasteiger partial charge < -0.3 is 19.3 Å². The highest BCUT2D eigenvalue weighted by Gasteiger charge is 2.25. The van der Waals surface area contributed by atoms with Crippen LogP contribution in [-0.2, 0) is 16.6 Å². The van der Waals surface area contributed by atoms with Crippen LogP contribution in [0.4, 0.5) is 15.8 Å². The van der Waals surface area contributed by atoms with Crippen molar-refractivity contribution in [1.29, 1.82) is 0 Å². The monoisotopic (exact) mass is 527 g/mol. The number of carbonyl (C=O) groups is 1. The minimum absolute atomic E-state index is 0.0731. The number of piperazine rings is 1. The number of benzene rings is 3. The largest absolute Gasteiger partial charge is 0.496 e. The number of methoxy groups -OCH3 is 2. The molecule has 1 aliphatic heterocycles. The molecule has 0 radical (unpaired) electrons. The van der Waals surface area contributed by atoms with E-state index in [0.29, 0.717) is 48.7 Å². The van der Waals surface area contributed by atoms with Gasteiger partial charge in [-0.15, -0.1) is 0 Å². The zero-order chi connectivity index (χ0) is 26.6. The normalized spacial score (nSPS) is 13.8. The van der Waals surface area contributed by atoms with Gasteiger partial charge in [-0.05, 0) is 54.6 Å². The Morgan fingerprint density at radius 3 is 2.19 bits per heavy atom. The smallest absolute Gasteiger partial charge is 0.253 e. The summed E-state index contributed by atoms with van der Waals surface area (Å²) in [5.74, 6) is 0.636. The Labute approximate surface area is 216 Å². The van der Waals surface area contributed by atoms with E-state index >= 15 is 0 Å². The fourth-order valence-electron chi connectivity index (χ4n) is 4.42. The SMILES string of the molecule is COc1ccc(C(=O)N2CCN(c3ccccc3OC)CC2)cc1CN(c1ccc(F)cc1)S(C)(=O)=O. The Hall–Kier alpha value is -3.79. The van der Waals surface area contributed by atoms with Crippen LogP contribution in [0.2, 0.25) is 0 Å². The van der Waals surface area contributed by atoms with Gasteiger partial charge in [0.25, 0.3) is 5.91 Å². The number of amides is 1. The van der Waals surface area contributed by atoms with Crippen LogP contribution >= 0.6 is 0 Å². The minimum atomic E-state index is -3.70. The maximum absolute atomic E-state index is 13.4. The summed E-state index contributed by atoms with van der Waals surface area (Å²) in [6.07, 6.45) is 1.08. The van der Waals surface area contributed by atoms with Gasteiger partial charge in [0, 0.05) is 37.3 Å². The molecule has 0 atom stereocenters. The second-order valence-electron chi connectivity index (χ2n) is 8.72. The van der Waals surface area contributed by atoms with Gasteiger partial charge in [-0.1, -0.05) is 12.1 Å². The fraction of sp³-hybridized carbons (Fsp3) is 0.296. The Kier molecular flexibility index (Phi) is 7.87. The standard InChI is InChI=1S/C27H30FN3O5S/c1-35-25-13-8-20(18-21(25)19-31(37(3,33)34)23-11-9-22(28)10-12-23)27(32)30-16-14-29(15-17-30)24-6-4-5-7-26(24)36-2/h4-13,18H,14-17,19H2,1-3H3. The predicted octanol–water partition coefficient (Wildman–Crippen LogP) is 3.77. The van der Waals surface area contributed by atoms with E-state index in [1.54, 1.807) is 30.2 Å². The van der Waals surface area contributed by atoms with E-state index in [-0.39, 0.29) is 12.5 Å². The summed E-state index contributed by atoms with van der Waals surface area (Å²) >= 11 is 0. The van der Waals surface area contributed by atoms with Crippen molar-refractivity contribution in [2.45, 2.75) is 6.54 Å². The zero-order valence-corrected chi connectivity index (χ0v) is 21.9. The van der Waals surface area contributed by atoms with Gasteiger partial charge in [-0.25, -0.2) is 12.8 Å². The summed E-state index contributed by atoms with van der Waals surface area (Å²) in [7, 11) is -0.576. The van der Waals surface area contributed by atoms with Crippen molar-refractivity contribution in [2.24, 2.45) is 0 Å². The third-order valence-corrected chi connectivity index (χ3v) is 7.49. The number of nitrogens with zero attached hydrogens (tertiary/aromatic N) is 3. The Morgan fingerprint density at radius 2 is 1.57 bits per heavy atom. The number of ether oxygens (including phenoxy) is 2. The van der Waals surface area contributed by atoms with Crippen molar-refractivity contribution in [2.75, 3.05) is 55.9 Å². The maximum atomic E-state index is 13.4. The van der Waals surface area contributed by atoms with Gasteiger partial charge in [0.15, 0.2) is 0 Å². The van der Waals surface area contributed by atoms with E-state index in [4.69, 9.17) is 9.47 Å². The third kappa shape index (κ3) is 5.96. The van der Waals surface area contributed by atoms with Crippen LogP contribution in [0.25, 0.3) is 0 Å². The molecule has 196 valence electrons. The molecule has 0 saturated carbocycles. The molecule has 1 fully saturated rings. The van der Waals surface area contributed by atoms with Crippen LogP contribution < -0.4 is 18.7 Å². The average Bonchev–Trinajstić information content (AvgIpc) is 2.91. The second kappa shape index (κ2) is 11.1. The molecule has 4 rings (SSSR count). The summed E-state index contributed by atoms with van der Waals surface area (Å²) in [6, 6.07) is 18.0. The highest BCUT2D eigenvalue weighted by atomic mass is 32.2. The zero-order valence-electron chi connectivity index (χ0n) is 21.1. The number of hydrogen-bond acceptors (Lipinski definition) is 6. The fourth-order valence-corrected chi connectivity index (χ4v) is 5.30. The lowest BCUT2D eigenvalue weighted by atomic mass is 10.1. The molecular weight excluding hydrogens is 497 g/mol. The number of carbonyl (C=O) groups excluding carboxylic acids is 1. The molecule has 8 nitrogen and oxygen atoms in total. The highest BCUT2D eigenvalue weighted by Crippen LogP contribution is 2.30. The molecule has 3 aromatic rings. The lowest BCUT2D eigenvalue weighted by Gasteiger charge is -2.36. The number of rotatable bonds is 8. The molecule has 1 aliphatic rings. The number of halogens is 1. The van der Waals surface area contributed by atoms with E-state index in [1.807, 2.05) is 24.3 Å². The van der Waals surface area contributed by atoms with E-state index in [0.717, 1.165) is 22.0 Å². The molecule has 0 N–H and O–H groups in total. The van der Waals surface area contributed by atoms with Gasteiger partial charge >= 0.3 is 0 Å². The quantitative estimate of drug-likeness (QED) is 0.444. The van der Waals surface area contributed by atoms with E-state index < -0.39 is 15.8 Å². The summed E-state index contributed by atoms with van der Waals surface area (Å²) in [4.78, 5) is 17.3. The Balaban J connectivity index is 1.53. The molecule has 1 heterocycles. The van der Waals surface area contributed by atoms with Crippen molar-refractivity contribution in [3.63, 3.8) is 0 Å². The van der Waals surface area contributed by atoms with Crippen LogP contribution in [0.3, 0.4) is 0 Å². The summed E-state index contributed by atoms with van der Waals surface area (Å²) in [5.41, 5.74) is 2.27. The first-order valence-corrected chi connectivity index (χ1v) is 13.6. The molecule has 0 aromatic heterocycles.